The number of esters is 1. The molecule has 2 aromatic carbocycles. The lowest BCUT2D eigenvalue weighted by molar-refractivity contribution is -0.384. The Bertz CT molecular complexity index is 846. The lowest BCUT2D eigenvalue weighted by Gasteiger charge is -2.12. The minimum Gasteiger partial charge on any atom is -0.457 e. The molecule has 0 radical (unpaired) electrons. The van der Waals surface area contributed by atoms with Crippen molar-refractivity contribution in [3.05, 3.63) is 69.3 Å². The minimum absolute atomic E-state index is 0.0624. The number of nitro benzene ring substituents is 1. The fourth-order valence-corrected chi connectivity index (χ4v) is 2.15. The first-order valence-corrected chi connectivity index (χ1v) is 8.10. The maximum absolute atomic E-state index is 12.3. The van der Waals surface area contributed by atoms with Crippen LogP contribution < -0.4 is 5.32 Å². The number of benzene rings is 2. The standard InChI is InChI=1S/C19H20N2O5/c1-12(2)18(22)20-17-10-15(8-7-13(17)3)19(23)26-11-14-5-4-6-16(9-14)21(24)25/h4-10,12H,11H2,1-3H3,(H,20,22). The summed E-state index contributed by atoms with van der Waals surface area (Å²) < 4.78 is 5.22. The predicted molar refractivity (Wildman–Crippen MR) is 96.9 cm³/mol. The van der Waals surface area contributed by atoms with Gasteiger partial charge in [0.05, 0.1) is 10.5 Å². The normalized spacial score (nSPS) is 10.5. The molecule has 0 unspecified atom stereocenters. The summed E-state index contributed by atoms with van der Waals surface area (Å²) in [7, 11) is 0. The van der Waals surface area contributed by atoms with Crippen molar-refractivity contribution in [1.29, 1.82) is 0 Å². The van der Waals surface area contributed by atoms with E-state index in [-0.39, 0.29) is 24.1 Å². The number of amides is 1. The molecule has 0 bridgehead atoms. The van der Waals surface area contributed by atoms with Crippen LogP contribution in [0.4, 0.5) is 11.4 Å². The van der Waals surface area contributed by atoms with Crippen LogP contribution >= 0.6 is 0 Å². The van der Waals surface area contributed by atoms with E-state index >= 15 is 0 Å². The van der Waals surface area contributed by atoms with E-state index in [0.29, 0.717) is 16.8 Å². The van der Waals surface area contributed by atoms with Crippen LogP contribution in [-0.2, 0) is 16.1 Å². The van der Waals surface area contributed by atoms with Crippen LogP contribution in [-0.4, -0.2) is 16.8 Å². The van der Waals surface area contributed by atoms with E-state index < -0.39 is 10.9 Å². The van der Waals surface area contributed by atoms with Crippen LogP contribution in [0.15, 0.2) is 42.5 Å². The second kappa shape index (κ2) is 8.24. The fraction of sp³-hybridized carbons (Fsp3) is 0.263. The maximum Gasteiger partial charge on any atom is 0.338 e. The number of carbonyl (C=O) groups is 2. The molecule has 7 nitrogen and oxygen atoms in total. The topological polar surface area (TPSA) is 98.5 Å². The van der Waals surface area contributed by atoms with Crippen LogP contribution in [0, 0.1) is 23.0 Å². The van der Waals surface area contributed by atoms with E-state index in [1.54, 1.807) is 38.1 Å². The average molecular weight is 356 g/mol. The number of aryl methyl sites for hydroxylation is 1. The number of hydrogen-bond donors (Lipinski definition) is 1. The zero-order chi connectivity index (χ0) is 19.3. The molecule has 0 atom stereocenters. The van der Waals surface area contributed by atoms with Gasteiger partial charge in [-0.3, -0.25) is 14.9 Å². The first kappa shape index (κ1) is 19.1. The van der Waals surface area contributed by atoms with Gasteiger partial charge in [0.1, 0.15) is 6.61 Å². The van der Waals surface area contributed by atoms with Gasteiger partial charge in [-0.25, -0.2) is 4.79 Å². The molecule has 0 heterocycles. The summed E-state index contributed by atoms with van der Waals surface area (Å²) >= 11 is 0. The minimum atomic E-state index is -0.573. The number of anilines is 1. The molecule has 0 aliphatic carbocycles. The summed E-state index contributed by atoms with van der Waals surface area (Å²) in [5.41, 5.74) is 2.13. The molecular formula is C19H20N2O5. The van der Waals surface area contributed by atoms with Gasteiger partial charge in [0.25, 0.3) is 5.69 Å². The molecule has 0 aromatic heterocycles. The van der Waals surface area contributed by atoms with Crippen molar-refractivity contribution in [2.45, 2.75) is 27.4 Å². The number of rotatable bonds is 6. The molecule has 0 saturated carbocycles. The van der Waals surface area contributed by atoms with Crippen molar-refractivity contribution in [1.82, 2.24) is 0 Å². The van der Waals surface area contributed by atoms with E-state index in [1.165, 1.54) is 18.2 Å². The van der Waals surface area contributed by atoms with Crippen LogP contribution in [0.1, 0.15) is 35.3 Å². The molecule has 2 rings (SSSR count). The van der Waals surface area contributed by atoms with Gasteiger partial charge in [-0.1, -0.05) is 32.0 Å². The lowest BCUT2D eigenvalue weighted by Crippen LogP contribution is -2.18. The van der Waals surface area contributed by atoms with Gasteiger partial charge in [-0.05, 0) is 30.2 Å². The summed E-state index contributed by atoms with van der Waals surface area (Å²) in [6.45, 7) is 5.31. The second-order valence-electron chi connectivity index (χ2n) is 6.18. The van der Waals surface area contributed by atoms with Crippen LogP contribution in [0.3, 0.4) is 0 Å². The van der Waals surface area contributed by atoms with Crippen LogP contribution in [0.25, 0.3) is 0 Å². The van der Waals surface area contributed by atoms with E-state index in [9.17, 15) is 19.7 Å². The van der Waals surface area contributed by atoms with Gasteiger partial charge in [-0.15, -0.1) is 0 Å². The summed E-state index contributed by atoms with van der Waals surface area (Å²) in [6, 6.07) is 10.8. The molecule has 0 saturated heterocycles. The van der Waals surface area contributed by atoms with Crippen molar-refractivity contribution in [2.75, 3.05) is 5.32 Å². The Morgan fingerprint density at radius 1 is 1.19 bits per heavy atom. The number of ether oxygens (including phenoxy) is 1. The Hall–Kier alpha value is -3.22. The molecule has 26 heavy (non-hydrogen) atoms. The Morgan fingerprint density at radius 3 is 2.58 bits per heavy atom. The predicted octanol–water partition coefficient (Wildman–Crippen LogP) is 3.85. The number of hydrogen-bond acceptors (Lipinski definition) is 5. The number of nitro groups is 1. The zero-order valence-electron chi connectivity index (χ0n) is 14.8. The second-order valence-corrected chi connectivity index (χ2v) is 6.18. The third-order valence-corrected chi connectivity index (χ3v) is 3.75. The maximum atomic E-state index is 12.3. The first-order chi connectivity index (χ1) is 12.3. The SMILES string of the molecule is Cc1ccc(C(=O)OCc2cccc([N+](=O)[O-])c2)cc1NC(=O)C(C)C. The lowest BCUT2D eigenvalue weighted by atomic mass is 10.1. The number of nitrogens with zero attached hydrogens (tertiary/aromatic N) is 1. The fourth-order valence-electron chi connectivity index (χ4n) is 2.15. The molecule has 1 amide bonds. The van der Waals surface area contributed by atoms with Crippen molar-refractivity contribution in [3.8, 4) is 0 Å². The highest BCUT2D eigenvalue weighted by Crippen LogP contribution is 2.19. The average Bonchev–Trinajstić information content (AvgIpc) is 2.61. The molecule has 2 aromatic rings. The van der Waals surface area contributed by atoms with Crippen molar-refractivity contribution in [2.24, 2.45) is 5.92 Å². The van der Waals surface area contributed by atoms with Crippen LogP contribution in [0.2, 0.25) is 0 Å². The number of nitrogens with one attached hydrogen (secondary N) is 1. The van der Waals surface area contributed by atoms with E-state index in [4.69, 9.17) is 4.74 Å². The highest BCUT2D eigenvalue weighted by Gasteiger charge is 2.14. The van der Waals surface area contributed by atoms with Gasteiger partial charge < -0.3 is 10.1 Å². The Kier molecular flexibility index (Phi) is 6.06. The van der Waals surface area contributed by atoms with Crippen molar-refractivity contribution >= 4 is 23.3 Å². The molecule has 7 heteroatoms. The Labute approximate surface area is 151 Å². The van der Waals surface area contributed by atoms with E-state index in [0.717, 1.165) is 5.56 Å². The van der Waals surface area contributed by atoms with Crippen LogP contribution in [0.5, 0.6) is 0 Å². The Morgan fingerprint density at radius 2 is 1.92 bits per heavy atom. The van der Waals surface area contributed by atoms with Gasteiger partial charge in [-0.2, -0.15) is 0 Å². The zero-order valence-corrected chi connectivity index (χ0v) is 14.8. The largest absolute Gasteiger partial charge is 0.457 e. The van der Waals surface area contributed by atoms with Crippen molar-refractivity contribution in [3.63, 3.8) is 0 Å². The summed E-state index contributed by atoms with van der Waals surface area (Å²) in [4.78, 5) is 34.4. The third kappa shape index (κ3) is 4.89. The van der Waals surface area contributed by atoms with Gasteiger partial charge in [0.15, 0.2) is 0 Å². The smallest absolute Gasteiger partial charge is 0.338 e. The third-order valence-electron chi connectivity index (χ3n) is 3.75. The van der Waals surface area contributed by atoms with Gasteiger partial charge in [0.2, 0.25) is 5.91 Å². The highest BCUT2D eigenvalue weighted by atomic mass is 16.6. The molecule has 1 N–H and O–H groups in total. The number of carbonyl (C=O) groups excluding carboxylic acids is 2. The van der Waals surface area contributed by atoms with Gasteiger partial charge >= 0.3 is 5.97 Å². The summed E-state index contributed by atoms with van der Waals surface area (Å²) in [5.74, 6) is -0.898. The molecule has 0 spiro atoms. The van der Waals surface area contributed by atoms with E-state index in [1.807, 2.05) is 6.92 Å². The van der Waals surface area contributed by atoms with Crippen molar-refractivity contribution < 1.29 is 19.2 Å². The summed E-state index contributed by atoms with van der Waals surface area (Å²) in [5, 5.41) is 13.6. The number of non-ortho nitro benzene ring substituents is 1. The first-order valence-electron chi connectivity index (χ1n) is 8.10. The molecular weight excluding hydrogens is 336 g/mol. The molecule has 0 aliphatic heterocycles. The monoisotopic (exact) mass is 356 g/mol. The highest BCUT2D eigenvalue weighted by molar-refractivity contribution is 5.96. The molecule has 0 aliphatic rings. The van der Waals surface area contributed by atoms with E-state index in [2.05, 4.69) is 5.32 Å². The molecule has 0 fully saturated rings. The summed E-state index contributed by atoms with van der Waals surface area (Å²) in [6.07, 6.45) is 0. The molecule has 136 valence electrons. The van der Waals surface area contributed by atoms with Gasteiger partial charge in [0, 0.05) is 23.7 Å². The quantitative estimate of drug-likeness (QED) is 0.481. The Balaban J connectivity index is 2.09.